The molecule has 0 N–H and O–H groups in total. The molecule has 2 heterocycles. The summed E-state index contributed by atoms with van der Waals surface area (Å²) in [6, 6.07) is 72.6. The molecule has 4 heteroatoms. The van der Waals surface area contributed by atoms with Crippen molar-refractivity contribution in [2.24, 2.45) is 0 Å². The summed E-state index contributed by atoms with van der Waals surface area (Å²) in [6.07, 6.45) is 0. The molecule has 0 saturated heterocycles. The Morgan fingerprint density at radius 1 is 0.333 bits per heavy atom. The highest BCUT2D eigenvalue weighted by molar-refractivity contribution is 6.09. The summed E-state index contributed by atoms with van der Waals surface area (Å²) in [5, 5.41) is 2.51. The van der Waals surface area contributed by atoms with Gasteiger partial charge in [-0.05, 0) is 83.9 Å². The van der Waals surface area contributed by atoms with Crippen LogP contribution >= 0.6 is 0 Å². The lowest BCUT2D eigenvalue weighted by atomic mass is 10.0. The fourth-order valence-corrected chi connectivity index (χ4v) is 7.62. The topological polar surface area (TPSA) is 34.0 Å². The van der Waals surface area contributed by atoms with Crippen LogP contribution in [0.1, 0.15) is 0 Å². The Morgan fingerprint density at radius 3 is 1.39 bits per heavy atom. The first kappa shape index (κ1) is 31.4. The van der Waals surface area contributed by atoms with Crippen LogP contribution in [0.5, 0.6) is 0 Å². The van der Waals surface area contributed by atoms with Crippen molar-refractivity contribution in [1.82, 2.24) is 14.5 Å². The van der Waals surface area contributed by atoms with Gasteiger partial charge >= 0.3 is 0 Å². The van der Waals surface area contributed by atoms with E-state index in [2.05, 4.69) is 173 Å². The van der Waals surface area contributed by atoms with E-state index in [9.17, 15) is 0 Å². The number of hydrogen-bond acceptors (Lipinski definition) is 3. The molecule has 10 aromatic rings. The molecule has 254 valence electrons. The average Bonchev–Trinajstić information content (AvgIpc) is 3.59. The van der Waals surface area contributed by atoms with Gasteiger partial charge in [-0.2, -0.15) is 0 Å². The zero-order valence-corrected chi connectivity index (χ0v) is 29.4. The molecule has 0 radical (unpaired) electrons. The lowest BCUT2D eigenvalue weighted by molar-refractivity contribution is 1.17. The van der Waals surface area contributed by atoms with Gasteiger partial charge in [-0.1, -0.05) is 133 Å². The Morgan fingerprint density at radius 2 is 0.796 bits per heavy atom. The first-order valence-electron chi connectivity index (χ1n) is 18.3. The van der Waals surface area contributed by atoms with E-state index in [0.29, 0.717) is 0 Å². The van der Waals surface area contributed by atoms with Gasteiger partial charge in [0, 0.05) is 44.6 Å². The second-order valence-electron chi connectivity index (χ2n) is 13.5. The lowest BCUT2D eigenvalue weighted by Gasteiger charge is -2.26. The van der Waals surface area contributed by atoms with Gasteiger partial charge in [0.05, 0.1) is 33.5 Å². The number of anilines is 3. The molecule has 0 saturated carbocycles. The smallest absolute Gasteiger partial charge is 0.0973 e. The minimum Gasteiger partial charge on any atom is -0.310 e. The van der Waals surface area contributed by atoms with E-state index < -0.39 is 0 Å². The lowest BCUT2D eigenvalue weighted by Crippen LogP contribution is -2.10. The SMILES string of the molecule is c1ccc(-c2cccc(N(c3ccc(-c4nc5ccccc5nc4-c4ccccc4)cc3)c3ccc(-n4c5ccccc5c5ccccc54)cc3)c2)cc1. The van der Waals surface area contributed by atoms with Gasteiger partial charge in [-0.25, -0.2) is 9.97 Å². The van der Waals surface area contributed by atoms with Crippen molar-refractivity contribution in [3.8, 4) is 39.3 Å². The number of para-hydroxylation sites is 4. The summed E-state index contributed by atoms with van der Waals surface area (Å²) >= 11 is 0. The first-order chi connectivity index (χ1) is 26.8. The van der Waals surface area contributed by atoms with Crippen LogP contribution < -0.4 is 4.90 Å². The summed E-state index contributed by atoms with van der Waals surface area (Å²) in [6.45, 7) is 0. The molecule has 0 unspecified atom stereocenters. The third kappa shape index (κ3) is 5.58. The van der Waals surface area contributed by atoms with Crippen molar-refractivity contribution >= 4 is 49.9 Å². The third-order valence-corrected chi connectivity index (χ3v) is 10.2. The zero-order valence-electron chi connectivity index (χ0n) is 29.4. The number of nitrogens with zero attached hydrogens (tertiary/aromatic N) is 4. The second kappa shape index (κ2) is 13.4. The van der Waals surface area contributed by atoms with Gasteiger partial charge in [-0.3, -0.25) is 0 Å². The molecule has 10 rings (SSSR count). The Labute approximate surface area is 313 Å². The molecule has 54 heavy (non-hydrogen) atoms. The molecule has 0 atom stereocenters. The molecule has 2 aromatic heterocycles. The quantitative estimate of drug-likeness (QED) is 0.167. The van der Waals surface area contributed by atoms with E-state index in [-0.39, 0.29) is 0 Å². The Balaban J connectivity index is 1.10. The number of fused-ring (bicyclic) bond motifs is 4. The van der Waals surface area contributed by atoms with Crippen LogP contribution in [0.2, 0.25) is 0 Å². The van der Waals surface area contributed by atoms with E-state index in [4.69, 9.17) is 9.97 Å². The maximum absolute atomic E-state index is 5.16. The highest BCUT2D eigenvalue weighted by Crippen LogP contribution is 2.40. The van der Waals surface area contributed by atoms with Gasteiger partial charge in [-0.15, -0.1) is 0 Å². The van der Waals surface area contributed by atoms with Crippen LogP contribution in [0.25, 0.3) is 72.2 Å². The van der Waals surface area contributed by atoms with Gasteiger partial charge in [0.2, 0.25) is 0 Å². The molecule has 0 aliphatic rings. The standard InChI is InChI=1S/C50H34N4/c1-3-14-35(15-4-1)38-18-13-19-42(34-38)53(40-30-32-41(33-31-40)54-47-24-11-7-20-43(47)44-21-8-12-25-48(44)54)39-28-26-37(27-29-39)50-49(36-16-5-2-6-17-36)51-45-22-9-10-23-46(45)52-50/h1-34H. The molecule has 4 nitrogen and oxygen atoms in total. The maximum atomic E-state index is 5.16. The number of rotatable bonds is 7. The van der Waals surface area contributed by atoms with E-state index in [1.54, 1.807) is 0 Å². The third-order valence-electron chi connectivity index (χ3n) is 10.2. The number of benzene rings is 8. The van der Waals surface area contributed by atoms with Crippen LogP contribution in [-0.2, 0) is 0 Å². The number of hydrogen-bond donors (Lipinski definition) is 0. The summed E-state index contributed by atoms with van der Waals surface area (Å²) in [5.41, 5.74) is 14.6. The molecule has 0 fully saturated rings. The van der Waals surface area contributed by atoms with Crippen molar-refractivity contribution in [2.75, 3.05) is 4.90 Å². The Hall–Kier alpha value is -7.30. The van der Waals surface area contributed by atoms with Crippen LogP contribution in [-0.4, -0.2) is 14.5 Å². The normalized spacial score (nSPS) is 11.3. The van der Waals surface area contributed by atoms with E-state index in [1.807, 2.05) is 42.5 Å². The molecular weight excluding hydrogens is 657 g/mol. The fraction of sp³-hybridized carbons (Fsp3) is 0. The predicted molar refractivity (Wildman–Crippen MR) is 225 cm³/mol. The van der Waals surface area contributed by atoms with Crippen LogP contribution in [0, 0.1) is 0 Å². The summed E-state index contributed by atoms with van der Waals surface area (Å²) in [7, 11) is 0. The van der Waals surface area contributed by atoms with Crippen molar-refractivity contribution in [2.45, 2.75) is 0 Å². The van der Waals surface area contributed by atoms with Crippen LogP contribution in [0.3, 0.4) is 0 Å². The largest absolute Gasteiger partial charge is 0.310 e. The fourth-order valence-electron chi connectivity index (χ4n) is 7.62. The van der Waals surface area contributed by atoms with Gasteiger partial charge in [0.25, 0.3) is 0 Å². The van der Waals surface area contributed by atoms with Crippen molar-refractivity contribution in [1.29, 1.82) is 0 Å². The molecule has 0 bridgehead atoms. The monoisotopic (exact) mass is 690 g/mol. The summed E-state index contributed by atoms with van der Waals surface area (Å²) in [4.78, 5) is 12.6. The number of aromatic nitrogens is 3. The average molecular weight is 691 g/mol. The second-order valence-corrected chi connectivity index (χ2v) is 13.5. The summed E-state index contributed by atoms with van der Waals surface area (Å²) < 4.78 is 2.36. The van der Waals surface area contributed by atoms with E-state index in [1.165, 1.54) is 27.4 Å². The van der Waals surface area contributed by atoms with Gasteiger partial charge in [0.1, 0.15) is 0 Å². The molecule has 0 aliphatic heterocycles. The minimum absolute atomic E-state index is 0.861. The van der Waals surface area contributed by atoms with E-state index in [0.717, 1.165) is 61.9 Å². The predicted octanol–water partition coefficient (Wildman–Crippen LogP) is 13.2. The summed E-state index contributed by atoms with van der Waals surface area (Å²) in [5.74, 6) is 0. The van der Waals surface area contributed by atoms with Crippen molar-refractivity contribution in [3.63, 3.8) is 0 Å². The van der Waals surface area contributed by atoms with Crippen LogP contribution in [0.4, 0.5) is 17.1 Å². The van der Waals surface area contributed by atoms with E-state index >= 15 is 0 Å². The first-order valence-corrected chi connectivity index (χ1v) is 18.3. The van der Waals surface area contributed by atoms with Crippen molar-refractivity contribution < 1.29 is 0 Å². The van der Waals surface area contributed by atoms with Gasteiger partial charge in [0.15, 0.2) is 0 Å². The highest BCUT2D eigenvalue weighted by atomic mass is 15.1. The molecule has 0 spiro atoms. The molecular formula is C50H34N4. The van der Waals surface area contributed by atoms with Crippen LogP contribution in [0.15, 0.2) is 206 Å². The zero-order chi connectivity index (χ0) is 35.8. The molecule has 0 amide bonds. The maximum Gasteiger partial charge on any atom is 0.0973 e. The Bertz CT molecular complexity index is 2860. The minimum atomic E-state index is 0.861. The van der Waals surface area contributed by atoms with Gasteiger partial charge < -0.3 is 9.47 Å². The van der Waals surface area contributed by atoms with Crippen molar-refractivity contribution in [3.05, 3.63) is 206 Å². The highest BCUT2D eigenvalue weighted by Gasteiger charge is 2.18. The Kier molecular flexibility index (Phi) is 7.77. The molecule has 0 aliphatic carbocycles. The molecule has 8 aromatic carbocycles.